The van der Waals surface area contributed by atoms with Gasteiger partial charge in [0.15, 0.2) is 0 Å². The van der Waals surface area contributed by atoms with Gasteiger partial charge in [-0.25, -0.2) is 9.59 Å². The van der Waals surface area contributed by atoms with Crippen molar-refractivity contribution in [3.63, 3.8) is 0 Å². The second-order valence-corrected chi connectivity index (χ2v) is 7.80. The van der Waals surface area contributed by atoms with Gasteiger partial charge < -0.3 is 20.3 Å². The van der Waals surface area contributed by atoms with Gasteiger partial charge in [0, 0.05) is 12.6 Å². The van der Waals surface area contributed by atoms with Gasteiger partial charge >= 0.3 is 11.9 Å². The molecule has 1 aromatic rings. The van der Waals surface area contributed by atoms with Crippen LogP contribution in [0.2, 0.25) is 0 Å². The summed E-state index contributed by atoms with van der Waals surface area (Å²) < 4.78 is 5.31. The Hall–Kier alpha value is -2.08. The van der Waals surface area contributed by atoms with Gasteiger partial charge in [0.1, 0.15) is 5.75 Å². The van der Waals surface area contributed by atoms with Gasteiger partial charge in [0.05, 0.1) is 7.11 Å². The molecule has 0 amide bonds. The molecule has 0 saturated heterocycles. The number of carboxylic acid groups (broad SMARTS) is 2. The van der Waals surface area contributed by atoms with E-state index in [1.54, 1.807) is 7.11 Å². The van der Waals surface area contributed by atoms with Crippen LogP contribution >= 0.6 is 0 Å². The molecule has 6 heteroatoms. The number of carboxylic acids is 2. The van der Waals surface area contributed by atoms with Crippen LogP contribution in [0.25, 0.3) is 0 Å². The lowest BCUT2D eigenvalue weighted by atomic mass is 9.54. The predicted octanol–water partition coefficient (Wildman–Crippen LogP) is 2.77. The van der Waals surface area contributed by atoms with E-state index in [0.717, 1.165) is 42.0 Å². The molecule has 0 aromatic heterocycles. The van der Waals surface area contributed by atoms with Gasteiger partial charge in [-0.3, -0.25) is 0 Å². The van der Waals surface area contributed by atoms with E-state index in [-0.39, 0.29) is 0 Å². The van der Waals surface area contributed by atoms with Crippen LogP contribution in [0.15, 0.2) is 24.3 Å². The second kappa shape index (κ2) is 8.08. The first kappa shape index (κ1) is 18.7. The molecule has 26 heavy (non-hydrogen) atoms. The Balaban J connectivity index is 0.000000286. The van der Waals surface area contributed by atoms with Crippen molar-refractivity contribution in [3.8, 4) is 5.75 Å². The lowest BCUT2D eigenvalue weighted by molar-refractivity contribution is -0.159. The molecular formula is C20H27NO5. The number of carbonyl (C=O) groups is 2. The number of rotatable bonds is 4. The summed E-state index contributed by atoms with van der Waals surface area (Å²) in [6.45, 7) is 0.990. The Bertz CT molecular complexity index is 619. The molecule has 5 rings (SSSR count). The van der Waals surface area contributed by atoms with Crippen LogP contribution in [0.4, 0.5) is 0 Å². The Labute approximate surface area is 153 Å². The lowest BCUT2D eigenvalue weighted by Gasteiger charge is -2.54. The molecule has 4 aliphatic rings. The Morgan fingerprint density at radius 1 is 1.04 bits per heavy atom. The van der Waals surface area contributed by atoms with Gasteiger partial charge in [-0.1, -0.05) is 12.1 Å². The minimum atomic E-state index is -1.82. The van der Waals surface area contributed by atoms with E-state index in [0.29, 0.717) is 0 Å². The topological polar surface area (TPSA) is 95.9 Å². The number of methoxy groups -OCH3 is 1. The quantitative estimate of drug-likeness (QED) is 0.714. The normalized spacial score (nSPS) is 31.0. The summed E-state index contributed by atoms with van der Waals surface area (Å²) in [6.07, 6.45) is 7.49. The zero-order valence-electron chi connectivity index (χ0n) is 15.1. The Morgan fingerprint density at radius 2 is 1.62 bits per heavy atom. The molecule has 0 heterocycles. The van der Waals surface area contributed by atoms with Crippen molar-refractivity contribution in [1.29, 1.82) is 0 Å². The van der Waals surface area contributed by atoms with E-state index in [1.165, 1.54) is 37.7 Å². The molecule has 4 fully saturated rings. The molecule has 4 aliphatic carbocycles. The number of benzene rings is 1. The third kappa shape index (κ3) is 4.36. The fourth-order valence-corrected chi connectivity index (χ4v) is 5.28. The van der Waals surface area contributed by atoms with Crippen molar-refractivity contribution in [2.45, 2.75) is 44.7 Å². The minimum absolute atomic E-state index is 0.772. The van der Waals surface area contributed by atoms with Crippen molar-refractivity contribution in [1.82, 2.24) is 5.32 Å². The van der Waals surface area contributed by atoms with Crippen molar-refractivity contribution in [2.24, 2.45) is 23.7 Å². The third-order valence-electron chi connectivity index (χ3n) is 6.09. The maximum atomic E-state index is 9.10. The first-order valence-electron chi connectivity index (χ1n) is 9.28. The Kier molecular flexibility index (Phi) is 5.81. The summed E-state index contributed by atoms with van der Waals surface area (Å²) in [7, 11) is 1.74. The first-order chi connectivity index (χ1) is 12.5. The minimum Gasteiger partial charge on any atom is -0.497 e. The summed E-state index contributed by atoms with van der Waals surface area (Å²) in [4.78, 5) is 18.2. The van der Waals surface area contributed by atoms with Gasteiger partial charge in [-0.15, -0.1) is 0 Å². The molecule has 3 N–H and O–H groups in total. The molecule has 4 saturated carbocycles. The van der Waals surface area contributed by atoms with E-state index in [4.69, 9.17) is 24.5 Å². The molecule has 0 atom stereocenters. The highest BCUT2D eigenvalue weighted by Crippen LogP contribution is 2.53. The molecule has 0 aliphatic heterocycles. The fourth-order valence-electron chi connectivity index (χ4n) is 5.28. The van der Waals surface area contributed by atoms with E-state index in [9.17, 15) is 0 Å². The number of hydrogen-bond acceptors (Lipinski definition) is 4. The van der Waals surface area contributed by atoms with E-state index < -0.39 is 11.9 Å². The first-order valence-corrected chi connectivity index (χ1v) is 9.28. The van der Waals surface area contributed by atoms with Crippen molar-refractivity contribution in [3.05, 3.63) is 29.8 Å². The van der Waals surface area contributed by atoms with Crippen LogP contribution in [0.3, 0.4) is 0 Å². The molecular weight excluding hydrogens is 334 g/mol. The maximum absolute atomic E-state index is 9.10. The van der Waals surface area contributed by atoms with Crippen LogP contribution in [-0.4, -0.2) is 35.3 Å². The molecule has 1 aromatic carbocycles. The highest BCUT2D eigenvalue weighted by atomic mass is 16.5. The average Bonchev–Trinajstić information content (AvgIpc) is 2.61. The molecule has 0 spiro atoms. The molecule has 0 radical (unpaired) electrons. The molecule has 4 bridgehead atoms. The second-order valence-electron chi connectivity index (χ2n) is 7.80. The van der Waals surface area contributed by atoms with Crippen molar-refractivity contribution >= 4 is 11.9 Å². The van der Waals surface area contributed by atoms with Crippen LogP contribution in [0, 0.1) is 23.7 Å². The number of aliphatic carboxylic acids is 2. The fraction of sp³-hybridized carbons (Fsp3) is 0.600. The van der Waals surface area contributed by atoms with Crippen LogP contribution in [0.5, 0.6) is 5.75 Å². The zero-order chi connectivity index (χ0) is 18.7. The standard InChI is InChI=1S/C18H25NO.C2H2O4/c1-20-17-4-2-3-12(10-17)11-19-18-15-6-13-5-14(8-15)9-16(18)7-13;3-1(4)2(5)6/h2-4,10,13-16,18-19H,5-9,11H2,1H3;(H,3,4)(H,5,6). The molecule has 142 valence electrons. The van der Waals surface area contributed by atoms with E-state index in [2.05, 4.69) is 23.5 Å². The average molecular weight is 361 g/mol. The van der Waals surface area contributed by atoms with Crippen molar-refractivity contribution < 1.29 is 24.5 Å². The van der Waals surface area contributed by atoms with Gasteiger partial charge in [-0.05, 0) is 73.5 Å². The summed E-state index contributed by atoms with van der Waals surface area (Å²) in [5, 5.41) is 18.7. The monoisotopic (exact) mass is 361 g/mol. The summed E-state index contributed by atoms with van der Waals surface area (Å²) in [6, 6.07) is 9.24. The zero-order valence-corrected chi connectivity index (χ0v) is 15.1. The van der Waals surface area contributed by atoms with Crippen LogP contribution in [-0.2, 0) is 16.1 Å². The largest absolute Gasteiger partial charge is 0.497 e. The number of hydrogen-bond donors (Lipinski definition) is 3. The van der Waals surface area contributed by atoms with Crippen LogP contribution < -0.4 is 10.1 Å². The predicted molar refractivity (Wildman–Crippen MR) is 95.9 cm³/mol. The smallest absolute Gasteiger partial charge is 0.414 e. The summed E-state index contributed by atoms with van der Waals surface area (Å²) in [5.74, 6) is 1.35. The highest BCUT2D eigenvalue weighted by molar-refractivity contribution is 6.27. The number of nitrogens with one attached hydrogen (secondary N) is 1. The molecule has 0 unspecified atom stereocenters. The third-order valence-corrected chi connectivity index (χ3v) is 6.09. The van der Waals surface area contributed by atoms with Crippen LogP contribution in [0.1, 0.15) is 37.7 Å². The number of ether oxygens (including phenoxy) is 1. The summed E-state index contributed by atoms with van der Waals surface area (Å²) >= 11 is 0. The van der Waals surface area contributed by atoms with Crippen molar-refractivity contribution in [2.75, 3.05) is 7.11 Å². The summed E-state index contributed by atoms with van der Waals surface area (Å²) in [5.41, 5.74) is 1.35. The highest BCUT2D eigenvalue weighted by Gasteiger charge is 2.47. The Morgan fingerprint density at radius 3 is 2.12 bits per heavy atom. The van der Waals surface area contributed by atoms with Gasteiger partial charge in [-0.2, -0.15) is 0 Å². The SMILES string of the molecule is COc1cccc(CNC2C3CC4CC(C3)CC2C4)c1.O=C(O)C(=O)O. The lowest BCUT2D eigenvalue weighted by Crippen LogP contribution is -2.54. The van der Waals surface area contributed by atoms with E-state index in [1.807, 2.05) is 6.07 Å². The molecule has 6 nitrogen and oxygen atoms in total. The van der Waals surface area contributed by atoms with Gasteiger partial charge in [0.25, 0.3) is 0 Å². The van der Waals surface area contributed by atoms with Gasteiger partial charge in [0.2, 0.25) is 0 Å². The maximum Gasteiger partial charge on any atom is 0.414 e. The van der Waals surface area contributed by atoms with E-state index >= 15 is 0 Å².